The van der Waals surface area contributed by atoms with Gasteiger partial charge >= 0.3 is 0 Å². The molecule has 140 valence electrons. The molecule has 0 saturated carbocycles. The summed E-state index contributed by atoms with van der Waals surface area (Å²) < 4.78 is 1.87. The lowest BCUT2D eigenvalue weighted by Gasteiger charge is -2.33. The highest BCUT2D eigenvalue weighted by Gasteiger charge is 2.21. The molecule has 1 saturated heterocycles. The molecule has 0 bridgehead atoms. The molecule has 1 fully saturated rings. The third-order valence-corrected chi connectivity index (χ3v) is 5.64. The highest BCUT2D eigenvalue weighted by molar-refractivity contribution is 7.15. The highest BCUT2D eigenvalue weighted by atomic mass is 35.5. The molecule has 3 aromatic heterocycles. The van der Waals surface area contributed by atoms with E-state index in [4.69, 9.17) is 11.6 Å². The van der Waals surface area contributed by atoms with Gasteiger partial charge in [-0.1, -0.05) is 11.6 Å². The van der Waals surface area contributed by atoms with Gasteiger partial charge in [0.1, 0.15) is 12.1 Å². The Labute approximate surface area is 165 Å². The van der Waals surface area contributed by atoms with Crippen LogP contribution >= 0.6 is 22.9 Å². The number of aromatic nitrogens is 4. The minimum atomic E-state index is -0.118. The summed E-state index contributed by atoms with van der Waals surface area (Å²) in [4.78, 5) is 28.1. The zero-order valence-electron chi connectivity index (χ0n) is 14.8. The van der Waals surface area contributed by atoms with Crippen LogP contribution in [0.15, 0.2) is 30.0 Å². The predicted octanol–water partition coefficient (Wildman–Crippen LogP) is 2.95. The summed E-state index contributed by atoms with van der Waals surface area (Å²) in [5.41, 5.74) is 1.68. The van der Waals surface area contributed by atoms with E-state index < -0.39 is 0 Å². The fourth-order valence-electron chi connectivity index (χ4n) is 3.20. The van der Waals surface area contributed by atoms with Gasteiger partial charge < -0.3 is 10.2 Å². The van der Waals surface area contributed by atoms with E-state index in [0.29, 0.717) is 5.15 Å². The summed E-state index contributed by atoms with van der Waals surface area (Å²) in [5, 5.41) is 5.41. The normalized spacial score (nSPS) is 15.7. The first-order valence-electron chi connectivity index (χ1n) is 8.73. The Kier molecular flexibility index (Phi) is 5.09. The van der Waals surface area contributed by atoms with E-state index in [2.05, 4.69) is 25.2 Å². The van der Waals surface area contributed by atoms with Gasteiger partial charge in [0.15, 0.2) is 10.1 Å². The average molecular weight is 403 g/mol. The van der Waals surface area contributed by atoms with Crippen molar-refractivity contribution in [2.75, 3.05) is 18.0 Å². The first kappa shape index (κ1) is 17.9. The van der Waals surface area contributed by atoms with Gasteiger partial charge in [-0.2, -0.15) is 0 Å². The number of fused-ring (bicyclic) bond motifs is 1. The molecule has 0 unspecified atom stereocenters. The number of piperidine rings is 1. The Morgan fingerprint density at radius 2 is 2.19 bits per heavy atom. The van der Waals surface area contributed by atoms with Gasteiger partial charge in [-0.3, -0.25) is 9.20 Å². The largest absolute Gasteiger partial charge is 0.356 e. The van der Waals surface area contributed by atoms with Gasteiger partial charge in [-0.25, -0.2) is 15.0 Å². The molecular formula is C18H19ClN6OS. The molecule has 3 aromatic rings. The second-order valence-corrected chi connectivity index (χ2v) is 7.70. The number of imidazole rings is 1. The van der Waals surface area contributed by atoms with Crippen molar-refractivity contribution in [2.45, 2.75) is 25.8 Å². The molecule has 7 nitrogen and oxygen atoms in total. The molecule has 0 spiro atoms. The second-order valence-electron chi connectivity index (χ2n) is 6.46. The summed E-state index contributed by atoms with van der Waals surface area (Å²) in [6.45, 7) is 3.67. The number of carbonyl (C=O) groups is 1. The number of hydrogen-bond acceptors (Lipinski definition) is 6. The van der Waals surface area contributed by atoms with Crippen LogP contribution in [0.1, 0.15) is 24.2 Å². The molecule has 1 amide bonds. The van der Waals surface area contributed by atoms with Gasteiger partial charge in [-0.05, 0) is 25.8 Å². The zero-order chi connectivity index (χ0) is 18.8. The first-order chi connectivity index (χ1) is 13.1. The number of anilines is 1. The minimum Gasteiger partial charge on any atom is -0.356 e. The topological polar surface area (TPSA) is 75.4 Å². The van der Waals surface area contributed by atoms with Crippen LogP contribution in [-0.2, 0) is 4.79 Å². The van der Waals surface area contributed by atoms with E-state index in [1.165, 1.54) is 17.4 Å². The lowest BCUT2D eigenvalue weighted by atomic mass is 10.0. The molecule has 4 rings (SSSR count). The summed E-state index contributed by atoms with van der Waals surface area (Å²) >= 11 is 7.65. The molecule has 27 heavy (non-hydrogen) atoms. The molecule has 1 aliphatic rings. The Morgan fingerprint density at radius 3 is 2.96 bits per heavy atom. The summed E-state index contributed by atoms with van der Waals surface area (Å²) in [6.07, 6.45) is 8.47. The Morgan fingerprint density at radius 1 is 1.37 bits per heavy atom. The van der Waals surface area contributed by atoms with Crippen LogP contribution in [0.3, 0.4) is 0 Å². The van der Waals surface area contributed by atoms with E-state index in [9.17, 15) is 4.79 Å². The number of halogens is 1. The maximum absolute atomic E-state index is 12.3. The molecule has 4 heterocycles. The second kappa shape index (κ2) is 7.66. The van der Waals surface area contributed by atoms with Crippen molar-refractivity contribution in [1.29, 1.82) is 0 Å². The summed E-state index contributed by atoms with van der Waals surface area (Å²) in [5.74, 6) is 0.829. The summed E-state index contributed by atoms with van der Waals surface area (Å²) in [7, 11) is 0. The van der Waals surface area contributed by atoms with Gasteiger partial charge in [0, 0.05) is 48.5 Å². The molecule has 0 atom stereocenters. The van der Waals surface area contributed by atoms with Crippen molar-refractivity contribution in [2.24, 2.45) is 0 Å². The van der Waals surface area contributed by atoms with E-state index in [0.717, 1.165) is 48.1 Å². The van der Waals surface area contributed by atoms with Crippen LogP contribution in [0.25, 0.3) is 11.0 Å². The maximum atomic E-state index is 12.3. The average Bonchev–Trinajstić information content (AvgIpc) is 3.21. The molecule has 1 aliphatic heterocycles. The van der Waals surface area contributed by atoms with Crippen molar-refractivity contribution < 1.29 is 4.79 Å². The quantitative estimate of drug-likeness (QED) is 0.679. The van der Waals surface area contributed by atoms with E-state index in [-0.39, 0.29) is 11.9 Å². The molecule has 0 radical (unpaired) electrons. The molecule has 0 aliphatic carbocycles. The van der Waals surface area contributed by atoms with E-state index in [1.807, 2.05) is 29.0 Å². The van der Waals surface area contributed by atoms with Crippen molar-refractivity contribution in [1.82, 2.24) is 24.7 Å². The third-order valence-electron chi connectivity index (χ3n) is 4.60. The Hall–Kier alpha value is -2.45. The molecular weight excluding hydrogens is 384 g/mol. The van der Waals surface area contributed by atoms with Gasteiger partial charge in [0.05, 0.1) is 5.69 Å². The summed E-state index contributed by atoms with van der Waals surface area (Å²) in [6, 6.07) is 2.14. The zero-order valence-corrected chi connectivity index (χ0v) is 16.4. The van der Waals surface area contributed by atoms with Crippen LogP contribution in [0, 0.1) is 6.92 Å². The standard InChI is InChI=1S/C18H19ClN6OS/c1-12-10-15(21-11-20-12)24-6-4-13(5-7-24)22-16(26)3-2-14-17(19)23-18-25(14)8-9-27-18/h2-3,8-11,13H,4-7H2,1H3,(H,22,26)/b3-2-. The smallest absolute Gasteiger partial charge is 0.244 e. The first-order valence-corrected chi connectivity index (χ1v) is 9.99. The SMILES string of the molecule is Cc1cc(N2CCC(NC(=O)/C=C\c3c(Cl)nc4sccn34)CC2)ncn1. The molecule has 1 N–H and O–H groups in total. The van der Waals surface area contributed by atoms with Crippen LogP contribution < -0.4 is 10.2 Å². The number of nitrogens with one attached hydrogen (secondary N) is 1. The van der Waals surface area contributed by atoms with Crippen LogP contribution in [0.2, 0.25) is 5.15 Å². The van der Waals surface area contributed by atoms with Gasteiger partial charge in [-0.15, -0.1) is 11.3 Å². The number of thiazole rings is 1. The Bertz CT molecular complexity index is 989. The number of hydrogen-bond donors (Lipinski definition) is 1. The third kappa shape index (κ3) is 3.96. The Balaban J connectivity index is 1.33. The number of nitrogens with zero attached hydrogens (tertiary/aromatic N) is 5. The fourth-order valence-corrected chi connectivity index (χ4v) is 4.20. The van der Waals surface area contributed by atoms with E-state index >= 15 is 0 Å². The maximum Gasteiger partial charge on any atom is 0.244 e. The minimum absolute atomic E-state index is 0.118. The molecule has 9 heteroatoms. The fraction of sp³-hybridized carbons (Fsp3) is 0.333. The van der Waals surface area contributed by atoms with Crippen LogP contribution in [0.5, 0.6) is 0 Å². The molecule has 0 aromatic carbocycles. The van der Waals surface area contributed by atoms with Gasteiger partial charge in [0.2, 0.25) is 5.91 Å². The number of carbonyl (C=O) groups excluding carboxylic acids is 1. The van der Waals surface area contributed by atoms with Crippen molar-refractivity contribution in [3.05, 3.63) is 46.6 Å². The highest BCUT2D eigenvalue weighted by Crippen LogP contribution is 2.22. The number of aryl methyl sites for hydroxylation is 1. The predicted molar refractivity (Wildman–Crippen MR) is 107 cm³/mol. The van der Waals surface area contributed by atoms with E-state index in [1.54, 1.807) is 12.4 Å². The van der Waals surface area contributed by atoms with Crippen molar-refractivity contribution >= 4 is 45.7 Å². The number of amides is 1. The van der Waals surface area contributed by atoms with Gasteiger partial charge in [0.25, 0.3) is 0 Å². The monoisotopic (exact) mass is 402 g/mol. The number of rotatable bonds is 4. The van der Waals surface area contributed by atoms with Crippen LogP contribution in [-0.4, -0.2) is 44.4 Å². The lowest BCUT2D eigenvalue weighted by molar-refractivity contribution is -0.117. The van der Waals surface area contributed by atoms with Crippen LogP contribution in [0.4, 0.5) is 5.82 Å². The lowest BCUT2D eigenvalue weighted by Crippen LogP contribution is -2.44. The van der Waals surface area contributed by atoms with Crippen molar-refractivity contribution in [3.63, 3.8) is 0 Å². The van der Waals surface area contributed by atoms with Crippen molar-refractivity contribution in [3.8, 4) is 0 Å².